The Hall–Kier alpha value is -4.56. The van der Waals surface area contributed by atoms with E-state index in [4.69, 9.17) is 10.8 Å². The molecule has 0 spiro atoms. The third-order valence-electron chi connectivity index (χ3n) is 6.70. The minimum absolute atomic E-state index is 0.0273. The number of hydrogen-bond donors (Lipinski definition) is 8. The number of carboxylic acid groups (broad SMARTS) is 2. The fourth-order valence-corrected chi connectivity index (χ4v) is 4.87. The molecular weight excluding hydrogens is 578 g/mol. The van der Waals surface area contributed by atoms with Crippen molar-refractivity contribution in [1.29, 1.82) is 0 Å². The number of nitrogens with two attached hydrogens (primary N) is 1. The number of H-pyrrole nitrogens is 1. The lowest BCUT2D eigenvalue weighted by Crippen LogP contribution is -2.58. The van der Waals surface area contributed by atoms with E-state index in [2.05, 4.69) is 20.9 Å². The van der Waals surface area contributed by atoms with Crippen LogP contribution in [0.3, 0.4) is 0 Å². The molecule has 9 N–H and O–H groups in total. The van der Waals surface area contributed by atoms with E-state index < -0.39 is 60.2 Å². The number of carbonyl (C=O) groups excluding carboxylic acids is 3. The predicted molar refractivity (Wildman–Crippen MR) is 160 cm³/mol. The molecule has 0 fully saturated rings. The monoisotopic (exact) mass is 613 g/mol. The van der Waals surface area contributed by atoms with E-state index in [9.17, 15) is 34.2 Å². The number of thioether (sulfide) groups is 1. The number of aromatic nitrogens is 1. The van der Waals surface area contributed by atoms with Crippen LogP contribution in [-0.2, 0) is 36.8 Å². The average Bonchev–Trinajstić information content (AvgIpc) is 3.38. The van der Waals surface area contributed by atoms with Crippen LogP contribution in [0.5, 0.6) is 5.75 Å². The summed E-state index contributed by atoms with van der Waals surface area (Å²) in [4.78, 5) is 65.8. The number of fused-ring (bicyclic) bond motifs is 1. The standard InChI is InChI=1S/C29H35N5O8S/c1-43-11-10-20(30)26(38)32-23(13-17-15-31-21-5-3-2-4-19(17)21)28(40)33-22(12-16-6-8-18(35)9-7-16)27(39)34-24(29(41)42)14-25(36)37/h2-9,15,20,22-24,31,35H,10-14,30H2,1H3,(H,32,38)(H,33,40)(H,34,39)(H,36,37)(H,41,42). The van der Waals surface area contributed by atoms with Crippen LogP contribution in [0.25, 0.3) is 10.9 Å². The van der Waals surface area contributed by atoms with Gasteiger partial charge in [0.1, 0.15) is 23.9 Å². The highest BCUT2D eigenvalue weighted by Crippen LogP contribution is 2.20. The summed E-state index contributed by atoms with van der Waals surface area (Å²) in [7, 11) is 0. The number of benzene rings is 2. The molecule has 3 aromatic rings. The average molecular weight is 614 g/mol. The number of amides is 3. The van der Waals surface area contributed by atoms with Gasteiger partial charge in [-0.25, -0.2) is 4.79 Å². The SMILES string of the molecule is CSCCC(N)C(=O)NC(Cc1c[nH]c2ccccc12)C(=O)NC(Cc1ccc(O)cc1)C(=O)NC(CC(=O)O)C(=O)O. The lowest BCUT2D eigenvalue weighted by Gasteiger charge is -2.25. The van der Waals surface area contributed by atoms with E-state index >= 15 is 0 Å². The van der Waals surface area contributed by atoms with Gasteiger partial charge in [-0.15, -0.1) is 0 Å². The zero-order valence-electron chi connectivity index (χ0n) is 23.4. The molecule has 0 aliphatic rings. The maximum absolute atomic E-state index is 13.7. The molecular formula is C29H35N5O8S. The molecule has 3 rings (SSSR count). The van der Waals surface area contributed by atoms with Gasteiger partial charge in [0.25, 0.3) is 0 Å². The fraction of sp³-hybridized carbons (Fsp3) is 0.345. The summed E-state index contributed by atoms with van der Waals surface area (Å²) in [5, 5.41) is 36.5. The van der Waals surface area contributed by atoms with E-state index in [0.29, 0.717) is 17.7 Å². The van der Waals surface area contributed by atoms with Crippen molar-refractivity contribution in [2.45, 2.75) is 49.9 Å². The molecule has 1 heterocycles. The van der Waals surface area contributed by atoms with Crippen molar-refractivity contribution in [2.75, 3.05) is 12.0 Å². The third-order valence-corrected chi connectivity index (χ3v) is 7.35. The molecule has 4 unspecified atom stereocenters. The first-order valence-electron chi connectivity index (χ1n) is 13.4. The Morgan fingerprint density at radius 2 is 1.47 bits per heavy atom. The smallest absolute Gasteiger partial charge is 0.326 e. The topological polar surface area (TPSA) is 224 Å². The van der Waals surface area contributed by atoms with Crippen molar-refractivity contribution in [2.24, 2.45) is 5.73 Å². The van der Waals surface area contributed by atoms with Gasteiger partial charge in [-0.1, -0.05) is 30.3 Å². The van der Waals surface area contributed by atoms with Crippen LogP contribution in [0.1, 0.15) is 24.0 Å². The molecule has 1 aromatic heterocycles. The number of phenolic OH excluding ortho intramolecular Hbond substituents is 1. The number of carboxylic acids is 2. The molecule has 14 heteroatoms. The van der Waals surface area contributed by atoms with E-state index in [1.165, 1.54) is 36.0 Å². The van der Waals surface area contributed by atoms with Crippen molar-refractivity contribution < 1.29 is 39.3 Å². The van der Waals surface area contributed by atoms with Gasteiger partial charge in [-0.05, 0) is 47.8 Å². The summed E-state index contributed by atoms with van der Waals surface area (Å²) in [6.07, 6.45) is 3.01. The van der Waals surface area contributed by atoms with Crippen LogP contribution < -0.4 is 21.7 Å². The van der Waals surface area contributed by atoms with E-state index in [1.54, 1.807) is 6.20 Å². The van der Waals surface area contributed by atoms with E-state index in [-0.39, 0.29) is 18.6 Å². The normalized spacial score (nSPS) is 13.8. The Kier molecular flexibility index (Phi) is 12.0. The maximum atomic E-state index is 13.7. The van der Waals surface area contributed by atoms with Crippen molar-refractivity contribution in [3.8, 4) is 5.75 Å². The van der Waals surface area contributed by atoms with Crippen LogP contribution >= 0.6 is 11.8 Å². The molecule has 13 nitrogen and oxygen atoms in total. The Morgan fingerprint density at radius 3 is 2.09 bits per heavy atom. The molecule has 230 valence electrons. The van der Waals surface area contributed by atoms with Crippen molar-refractivity contribution in [3.05, 3.63) is 65.9 Å². The Balaban J connectivity index is 1.90. The summed E-state index contributed by atoms with van der Waals surface area (Å²) in [5.74, 6) is -4.63. The van der Waals surface area contributed by atoms with Gasteiger partial charge in [-0.2, -0.15) is 11.8 Å². The summed E-state index contributed by atoms with van der Waals surface area (Å²) < 4.78 is 0. The number of nitrogens with one attached hydrogen (secondary N) is 4. The molecule has 2 aromatic carbocycles. The van der Waals surface area contributed by atoms with E-state index in [0.717, 1.165) is 16.5 Å². The minimum Gasteiger partial charge on any atom is -0.508 e. The lowest BCUT2D eigenvalue weighted by molar-refractivity contribution is -0.147. The molecule has 43 heavy (non-hydrogen) atoms. The molecule has 0 saturated heterocycles. The first kappa shape index (κ1) is 32.9. The number of aromatic hydroxyl groups is 1. The second-order valence-corrected chi connectivity index (χ2v) is 10.9. The first-order chi connectivity index (χ1) is 20.5. The molecule has 0 aliphatic heterocycles. The number of carbonyl (C=O) groups is 5. The zero-order chi connectivity index (χ0) is 31.5. The number of aliphatic carboxylic acids is 2. The van der Waals surface area contributed by atoms with Crippen LogP contribution in [0.4, 0.5) is 0 Å². The van der Waals surface area contributed by atoms with Gasteiger partial charge in [0.15, 0.2) is 0 Å². The van der Waals surface area contributed by atoms with Crippen LogP contribution in [0.2, 0.25) is 0 Å². The highest BCUT2D eigenvalue weighted by Gasteiger charge is 2.32. The first-order valence-corrected chi connectivity index (χ1v) is 14.8. The van der Waals surface area contributed by atoms with Crippen molar-refractivity contribution in [3.63, 3.8) is 0 Å². The largest absolute Gasteiger partial charge is 0.508 e. The highest BCUT2D eigenvalue weighted by atomic mass is 32.2. The maximum Gasteiger partial charge on any atom is 0.326 e. The molecule has 0 saturated carbocycles. The van der Waals surface area contributed by atoms with Gasteiger partial charge in [-0.3, -0.25) is 19.2 Å². The van der Waals surface area contributed by atoms with Gasteiger partial charge in [0, 0.05) is 29.9 Å². The molecule has 4 atom stereocenters. The highest BCUT2D eigenvalue weighted by molar-refractivity contribution is 7.98. The molecule has 0 radical (unpaired) electrons. The summed E-state index contributed by atoms with van der Waals surface area (Å²) in [6.45, 7) is 0. The second kappa shape index (κ2) is 15.6. The van der Waals surface area contributed by atoms with Crippen LogP contribution in [-0.4, -0.2) is 86.1 Å². The summed E-state index contributed by atoms with van der Waals surface area (Å²) in [5.41, 5.74) is 8.11. The lowest BCUT2D eigenvalue weighted by atomic mass is 10.0. The van der Waals surface area contributed by atoms with Gasteiger partial charge in [0.2, 0.25) is 17.7 Å². The van der Waals surface area contributed by atoms with E-state index in [1.807, 2.05) is 30.5 Å². The molecule has 0 aliphatic carbocycles. The summed E-state index contributed by atoms with van der Waals surface area (Å²) >= 11 is 1.52. The minimum atomic E-state index is -1.75. The third kappa shape index (κ3) is 9.75. The van der Waals surface area contributed by atoms with Gasteiger partial charge >= 0.3 is 11.9 Å². The number of aromatic amines is 1. The fourth-order valence-electron chi connectivity index (χ4n) is 4.38. The Bertz CT molecular complexity index is 1440. The molecule has 3 amide bonds. The predicted octanol–water partition coefficient (Wildman–Crippen LogP) is 0.753. The quantitative estimate of drug-likeness (QED) is 0.113. The number of rotatable bonds is 16. The van der Waals surface area contributed by atoms with Crippen molar-refractivity contribution in [1.82, 2.24) is 20.9 Å². The Morgan fingerprint density at radius 1 is 0.860 bits per heavy atom. The van der Waals surface area contributed by atoms with Gasteiger partial charge in [0.05, 0.1) is 12.5 Å². The molecule has 0 bridgehead atoms. The van der Waals surface area contributed by atoms with Gasteiger partial charge < -0.3 is 42.0 Å². The number of phenols is 1. The van der Waals surface area contributed by atoms with Crippen molar-refractivity contribution >= 4 is 52.3 Å². The van der Waals surface area contributed by atoms with Crippen LogP contribution in [0.15, 0.2) is 54.7 Å². The second-order valence-electron chi connectivity index (χ2n) is 9.94. The number of para-hydroxylation sites is 1. The summed E-state index contributed by atoms with van der Waals surface area (Å²) in [6, 6.07) is 8.04. The Labute approximate surface area is 251 Å². The number of hydrogen-bond acceptors (Lipinski definition) is 8. The zero-order valence-corrected chi connectivity index (χ0v) is 24.2. The van der Waals surface area contributed by atoms with Crippen LogP contribution in [0, 0.1) is 0 Å².